The molecule has 0 atom stereocenters. The summed E-state index contributed by atoms with van der Waals surface area (Å²) in [5, 5.41) is 18.6. The molecule has 0 unspecified atom stereocenters. The third-order valence-corrected chi connectivity index (χ3v) is 2.34. The summed E-state index contributed by atoms with van der Waals surface area (Å²) in [7, 11) is 0. The fraction of sp³-hybridized carbons (Fsp3) is 0. The van der Waals surface area contributed by atoms with Crippen molar-refractivity contribution in [3.63, 3.8) is 0 Å². The van der Waals surface area contributed by atoms with Crippen molar-refractivity contribution in [2.24, 2.45) is 0 Å². The zero-order valence-corrected chi connectivity index (χ0v) is 9.01. The largest absolute Gasteiger partial charge is 0.506 e. The van der Waals surface area contributed by atoms with Crippen LogP contribution in [0.15, 0.2) is 36.4 Å². The minimum atomic E-state index is 0.0424. The van der Waals surface area contributed by atoms with Gasteiger partial charge < -0.3 is 21.7 Å². The van der Waals surface area contributed by atoms with E-state index in [-0.39, 0.29) is 11.5 Å². The van der Waals surface area contributed by atoms with Gasteiger partial charge in [0.1, 0.15) is 11.5 Å². The molecule has 4 nitrogen and oxygen atoms in total. The highest BCUT2D eigenvalue weighted by Crippen LogP contribution is 2.26. The van der Waals surface area contributed by atoms with E-state index in [4.69, 9.17) is 11.5 Å². The van der Waals surface area contributed by atoms with Crippen LogP contribution in [0.1, 0.15) is 11.1 Å². The van der Waals surface area contributed by atoms with Gasteiger partial charge in [-0.05, 0) is 35.4 Å². The van der Waals surface area contributed by atoms with Crippen molar-refractivity contribution in [2.75, 3.05) is 11.5 Å². The highest BCUT2D eigenvalue weighted by molar-refractivity contribution is 5.59. The lowest BCUT2D eigenvalue weighted by Gasteiger charge is -2.05. The van der Waals surface area contributed by atoms with Gasteiger partial charge in [-0.25, -0.2) is 0 Å². The first-order valence-corrected chi connectivity index (χ1v) is 5.00. The third-order valence-electron chi connectivity index (χ3n) is 2.34. The SMILES string of the molecule is Nc1cc([C]c2ccc(O)c(N)c2)ccc1O. The molecular weight excluding hydrogens is 216 g/mol. The summed E-state index contributed by atoms with van der Waals surface area (Å²) in [5.41, 5.74) is 13.2. The fourth-order valence-corrected chi connectivity index (χ4v) is 1.43. The Morgan fingerprint density at radius 2 is 1.18 bits per heavy atom. The number of anilines is 2. The summed E-state index contributed by atoms with van der Waals surface area (Å²) in [4.78, 5) is 0. The zero-order chi connectivity index (χ0) is 12.4. The van der Waals surface area contributed by atoms with Crippen LogP contribution in [-0.4, -0.2) is 10.2 Å². The Morgan fingerprint density at radius 1 is 0.765 bits per heavy atom. The lowest BCUT2D eigenvalue weighted by Crippen LogP contribution is -1.92. The Kier molecular flexibility index (Phi) is 2.78. The van der Waals surface area contributed by atoms with Gasteiger partial charge >= 0.3 is 0 Å². The molecule has 0 aliphatic heterocycles. The molecule has 0 fully saturated rings. The van der Waals surface area contributed by atoms with E-state index in [0.717, 1.165) is 11.1 Å². The summed E-state index contributed by atoms with van der Waals surface area (Å²) in [6, 6.07) is 9.60. The first-order valence-electron chi connectivity index (χ1n) is 5.00. The van der Waals surface area contributed by atoms with Crippen LogP contribution in [0.25, 0.3) is 0 Å². The molecule has 0 aliphatic rings. The van der Waals surface area contributed by atoms with Gasteiger partial charge in [-0.3, -0.25) is 0 Å². The molecule has 2 rings (SSSR count). The van der Waals surface area contributed by atoms with E-state index >= 15 is 0 Å². The number of nitrogens with two attached hydrogens (primary N) is 2. The molecule has 0 heterocycles. The Balaban J connectivity index is 2.25. The monoisotopic (exact) mass is 228 g/mol. The second kappa shape index (κ2) is 4.25. The molecule has 17 heavy (non-hydrogen) atoms. The standard InChI is InChI=1S/C13H12N2O2/c14-10-6-8(1-3-12(10)16)5-9-2-4-13(17)11(15)7-9/h1-4,6-7,16-17H,14-15H2. The molecule has 86 valence electrons. The molecule has 0 aromatic heterocycles. The van der Waals surface area contributed by atoms with Gasteiger partial charge in [0.25, 0.3) is 0 Å². The lowest BCUT2D eigenvalue weighted by atomic mass is 10.0. The Hall–Kier alpha value is -2.36. The van der Waals surface area contributed by atoms with Gasteiger partial charge in [-0.2, -0.15) is 0 Å². The van der Waals surface area contributed by atoms with E-state index in [1.165, 1.54) is 12.1 Å². The van der Waals surface area contributed by atoms with Crippen LogP contribution in [0.5, 0.6) is 11.5 Å². The lowest BCUT2D eigenvalue weighted by molar-refractivity contribution is 0.477. The topological polar surface area (TPSA) is 92.5 Å². The van der Waals surface area contributed by atoms with Gasteiger partial charge in [0, 0.05) is 0 Å². The van der Waals surface area contributed by atoms with Crippen LogP contribution in [0, 0.1) is 6.42 Å². The first kappa shape index (κ1) is 11.1. The molecule has 4 heteroatoms. The van der Waals surface area contributed by atoms with Crippen molar-refractivity contribution < 1.29 is 10.2 Å². The summed E-state index contributed by atoms with van der Waals surface area (Å²) >= 11 is 0. The molecule has 0 amide bonds. The van der Waals surface area contributed by atoms with E-state index in [9.17, 15) is 10.2 Å². The third kappa shape index (κ3) is 2.42. The predicted molar refractivity (Wildman–Crippen MR) is 66.5 cm³/mol. The molecule has 6 N–H and O–H groups in total. The summed E-state index contributed by atoms with van der Waals surface area (Å²) in [5.74, 6) is 0.0848. The van der Waals surface area contributed by atoms with Crippen molar-refractivity contribution in [2.45, 2.75) is 0 Å². The van der Waals surface area contributed by atoms with E-state index in [1.807, 2.05) is 0 Å². The van der Waals surface area contributed by atoms with Crippen molar-refractivity contribution in [1.82, 2.24) is 0 Å². The predicted octanol–water partition coefficient (Wildman–Crippen LogP) is 1.74. The second-order valence-electron chi connectivity index (χ2n) is 3.67. The van der Waals surface area contributed by atoms with Gasteiger partial charge in [0.2, 0.25) is 0 Å². The molecule has 2 aromatic carbocycles. The molecule has 2 radical (unpaired) electrons. The van der Waals surface area contributed by atoms with Crippen molar-refractivity contribution in [3.05, 3.63) is 53.9 Å². The Labute approximate surface area is 99.1 Å². The molecule has 0 saturated heterocycles. The van der Waals surface area contributed by atoms with E-state index in [0.29, 0.717) is 11.4 Å². The van der Waals surface area contributed by atoms with Gasteiger partial charge in [0.15, 0.2) is 0 Å². The molecule has 0 spiro atoms. The summed E-state index contributed by atoms with van der Waals surface area (Å²) < 4.78 is 0. The number of phenols is 2. The molecule has 0 bridgehead atoms. The summed E-state index contributed by atoms with van der Waals surface area (Å²) in [6.07, 6.45) is 3.06. The van der Waals surface area contributed by atoms with Crippen molar-refractivity contribution in [3.8, 4) is 11.5 Å². The fourth-order valence-electron chi connectivity index (χ4n) is 1.43. The van der Waals surface area contributed by atoms with Gasteiger partial charge in [0.05, 0.1) is 17.8 Å². The van der Waals surface area contributed by atoms with Crippen LogP contribution in [-0.2, 0) is 0 Å². The number of benzene rings is 2. The average Bonchev–Trinajstić information content (AvgIpc) is 2.29. The first-order chi connectivity index (χ1) is 8.06. The zero-order valence-electron chi connectivity index (χ0n) is 9.01. The maximum absolute atomic E-state index is 9.28. The maximum atomic E-state index is 9.28. The maximum Gasteiger partial charge on any atom is 0.138 e. The Bertz CT molecular complexity index is 504. The molecule has 0 aliphatic carbocycles. The molecular formula is C13H12N2O2. The smallest absolute Gasteiger partial charge is 0.138 e. The van der Waals surface area contributed by atoms with Gasteiger partial charge in [-0.15, -0.1) is 0 Å². The van der Waals surface area contributed by atoms with E-state index in [1.54, 1.807) is 24.3 Å². The number of hydrogen-bond acceptors (Lipinski definition) is 4. The van der Waals surface area contributed by atoms with Gasteiger partial charge in [-0.1, -0.05) is 12.1 Å². The number of phenolic OH excluding ortho intramolecular Hbond substituents is 2. The minimum absolute atomic E-state index is 0.0424. The highest BCUT2D eigenvalue weighted by atomic mass is 16.3. The average molecular weight is 228 g/mol. The van der Waals surface area contributed by atoms with Crippen LogP contribution in [0.3, 0.4) is 0 Å². The number of rotatable bonds is 2. The number of hydrogen-bond donors (Lipinski definition) is 4. The highest BCUT2D eigenvalue weighted by Gasteiger charge is 2.03. The van der Waals surface area contributed by atoms with Crippen LogP contribution >= 0.6 is 0 Å². The minimum Gasteiger partial charge on any atom is -0.506 e. The second-order valence-corrected chi connectivity index (χ2v) is 3.67. The number of nitrogen functional groups attached to an aromatic ring is 2. The van der Waals surface area contributed by atoms with Crippen molar-refractivity contribution >= 4 is 11.4 Å². The Morgan fingerprint density at radius 3 is 1.53 bits per heavy atom. The molecule has 0 saturated carbocycles. The van der Waals surface area contributed by atoms with Crippen LogP contribution in [0.4, 0.5) is 11.4 Å². The summed E-state index contributed by atoms with van der Waals surface area (Å²) in [6.45, 7) is 0. The molecule has 2 aromatic rings. The normalized spacial score (nSPS) is 10.4. The number of aromatic hydroxyl groups is 2. The quantitative estimate of drug-likeness (QED) is 0.465. The van der Waals surface area contributed by atoms with E-state index < -0.39 is 0 Å². The van der Waals surface area contributed by atoms with Crippen LogP contribution in [0.2, 0.25) is 0 Å². The van der Waals surface area contributed by atoms with Crippen LogP contribution < -0.4 is 11.5 Å². The van der Waals surface area contributed by atoms with E-state index in [2.05, 4.69) is 6.42 Å². The van der Waals surface area contributed by atoms with Crippen molar-refractivity contribution in [1.29, 1.82) is 0 Å².